The Morgan fingerprint density at radius 2 is 1.88 bits per heavy atom. The first-order chi connectivity index (χ1) is 12.2. The minimum Gasteiger partial charge on any atom is -0.399 e. The van der Waals surface area contributed by atoms with Crippen LogP contribution in [0.25, 0.3) is 10.4 Å². The van der Waals surface area contributed by atoms with Crippen molar-refractivity contribution < 1.29 is 8.42 Å². The lowest BCUT2D eigenvalue weighted by molar-refractivity contribution is 0.442. The lowest BCUT2D eigenvalue weighted by Gasteiger charge is -2.21. The summed E-state index contributed by atoms with van der Waals surface area (Å²) in [5, 5.41) is 1.11. The van der Waals surface area contributed by atoms with Crippen molar-refractivity contribution in [3.8, 4) is 10.4 Å². The van der Waals surface area contributed by atoms with Crippen LogP contribution in [0.15, 0.2) is 29.3 Å². The van der Waals surface area contributed by atoms with Gasteiger partial charge in [-0.05, 0) is 45.7 Å². The zero-order valence-corrected chi connectivity index (χ0v) is 17.2. The Bertz CT molecular complexity index is 876. The molecule has 1 heterocycles. The number of hydrogen-bond acceptors (Lipinski definition) is 5. The van der Waals surface area contributed by atoms with Gasteiger partial charge in [0, 0.05) is 28.9 Å². The highest BCUT2D eigenvalue weighted by molar-refractivity contribution is 7.89. The molecule has 1 aliphatic rings. The minimum atomic E-state index is -3.69. The first kappa shape index (κ1) is 19.3. The summed E-state index contributed by atoms with van der Waals surface area (Å²) in [5.41, 5.74) is 6.41. The highest BCUT2D eigenvalue weighted by Gasteiger charge is 2.27. The molecule has 0 radical (unpaired) electrons. The summed E-state index contributed by atoms with van der Waals surface area (Å²) >= 11 is 1.60. The Balaban J connectivity index is 2.00. The molecule has 1 aromatic heterocycles. The lowest BCUT2D eigenvalue weighted by atomic mass is 9.90. The van der Waals surface area contributed by atoms with E-state index < -0.39 is 15.6 Å². The van der Waals surface area contributed by atoms with Gasteiger partial charge in [-0.3, -0.25) is 0 Å². The highest BCUT2D eigenvalue weighted by Crippen LogP contribution is 2.39. The van der Waals surface area contributed by atoms with Gasteiger partial charge in [0.1, 0.15) is 0 Å². The summed E-state index contributed by atoms with van der Waals surface area (Å²) < 4.78 is 28.6. The zero-order chi connectivity index (χ0) is 18.9. The second-order valence-corrected chi connectivity index (χ2v) is 10.7. The number of thiazole rings is 1. The topological polar surface area (TPSA) is 85.1 Å². The summed E-state index contributed by atoms with van der Waals surface area (Å²) in [5.74, 6) is 0.504. The van der Waals surface area contributed by atoms with Crippen LogP contribution in [0.5, 0.6) is 0 Å². The minimum absolute atomic E-state index is 0.214. The fourth-order valence-corrected chi connectivity index (χ4v) is 6.24. The van der Waals surface area contributed by atoms with E-state index in [0.717, 1.165) is 9.88 Å². The molecule has 142 valence electrons. The number of sulfonamides is 1. The number of anilines is 1. The summed E-state index contributed by atoms with van der Waals surface area (Å²) in [7, 11) is -3.69. The van der Waals surface area contributed by atoms with Crippen LogP contribution in [0.3, 0.4) is 0 Å². The predicted molar refractivity (Wildman–Crippen MR) is 108 cm³/mol. The van der Waals surface area contributed by atoms with Crippen LogP contribution in [0.4, 0.5) is 5.69 Å². The molecule has 2 aromatic rings. The second kappa shape index (κ2) is 7.29. The van der Waals surface area contributed by atoms with Gasteiger partial charge in [-0.25, -0.2) is 18.1 Å². The Hall–Kier alpha value is -1.44. The van der Waals surface area contributed by atoms with Crippen LogP contribution in [-0.2, 0) is 10.0 Å². The number of nitrogens with one attached hydrogen (secondary N) is 1. The molecule has 1 saturated carbocycles. The highest BCUT2D eigenvalue weighted by atomic mass is 32.2. The number of rotatable bonds is 4. The van der Waals surface area contributed by atoms with Crippen molar-refractivity contribution >= 4 is 27.0 Å². The molecule has 5 nitrogen and oxygen atoms in total. The molecule has 1 aliphatic carbocycles. The van der Waals surface area contributed by atoms with Gasteiger partial charge in [-0.1, -0.05) is 25.3 Å². The van der Waals surface area contributed by atoms with Crippen LogP contribution in [0, 0.1) is 0 Å². The molecule has 7 heteroatoms. The molecule has 0 bridgehead atoms. The van der Waals surface area contributed by atoms with Gasteiger partial charge in [0.15, 0.2) is 0 Å². The van der Waals surface area contributed by atoms with E-state index in [1.54, 1.807) is 29.7 Å². The Morgan fingerprint density at radius 1 is 1.19 bits per heavy atom. The Morgan fingerprint density at radius 3 is 2.54 bits per heavy atom. The molecule has 0 aliphatic heterocycles. The molecule has 3 N–H and O–H groups in total. The van der Waals surface area contributed by atoms with Gasteiger partial charge in [0.05, 0.1) is 14.8 Å². The zero-order valence-electron chi connectivity index (χ0n) is 15.6. The van der Waals surface area contributed by atoms with Crippen LogP contribution >= 0.6 is 11.3 Å². The largest absolute Gasteiger partial charge is 0.399 e. The van der Waals surface area contributed by atoms with Crippen LogP contribution in [0.2, 0.25) is 0 Å². The van der Waals surface area contributed by atoms with Gasteiger partial charge in [0.25, 0.3) is 0 Å². The number of hydrogen-bond donors (Lipinski definition) is 2. The maximum absolute atomic E-state index is 12.9. The van der Waals surface area contributed by atoms with E-state index in [0.29, 0.717) is 17.2 Å². The first-order valence-corrected chi connectivity index (χ1v) is 11.4. The standard InChI is InChI=1S/C19H27N3O2S2/c1-19(2,3)22-26(23,24)17-11-14(20)9-10-15(17)16-12-21-18(25-16)13-7-5-4-6-8-13/h9-13,22H,4-8,20H2,1-3H3. The number of benzene rings is 1. The Labute approximate surface area is 160 Å². The third-order valence-electron chi connectivity index (χ3n) is 4.48. The van der Waals surface area contributed by atoms with E-state index in [2.05, 4.69) is 9.71 Å². The van der Waals surface area contributed by atoms with Crippen LogP contribution in [0.1, 0.15) is 63.8 Å². The average molecular weight is 394 g/mol. The fraction of sp³-hybridized carbons (Fsp3) is 0.526. The third-order valence-corrected chi connectivity index (χ3v) is 7.47. The molecule has 0 atom stereocenters. The molecule has 0 saturated heterocycles. The molecule has 3 rings (SSSR count). The number of aromatic nitrogens is 1. The summed E-state index contributed by atoms with van der Waals surface area (Å²) in [6, 6.07) is 5.06. The van der Waals surface area contributed by atoms with Crippen molar-refractivity contribution in [3.05, 3.63) is 29.4 Å². The van der Waals surface area contributed by atoms with Gasteiger partial charge in [-0.15, -0.1) is 11.3 Å². The molecule has 1 aromatic carbocycles. The summed E-state index contributed by atoms with van der Waals surface area (Å²) in [6.45, 7) is 5.47. The molecule has 0 amide bonds. The van der Waals surface area contributed by atoms with E-state index in [1.165, 1.54) is 38.2 Å². The van der Waals surface area contributed by atoms with Crippen molar-refractivity contribution in [1.82, 2.24) is 9.71 Å². The molecule has 0 unspecified atom stereocenters. The number of nitrogens with two attached hydrogens (primary N) is 1. The quantitative estimate of drug-likeness (QED) is 0.748. The van der Waals surface area contributed by atoms with Crippen molar-refractivity contribution in [1.29, 1.82) is 0 Å². The van der Waals surface area contributed by atoms with Crippen molar-refractivity contribution in [2.75, 3.05) is 5.73 Å². The SMILES string of the molecule is CC(C)(C)NS(=O)(=O)c1cc(N)ccc1-c1cnc(C2CCCCC2)s1. The van der Waals surface area contributed by atoms with E-state index in [9.17, 15) is 8.42 Å². The van der Waals surface area contributed by atoms with E-state index >= 15 is 0 Å². The van der Waals surface area contributed by atoms with Crippen LogP contribution < -0.4 is 10.5 Å². The monoisotopic (exact) mass is 393 g/mol. The molecule has 0 spiro atoms. The second-order valence-electron chi connectivity index (χ2n) is 8.01. The van der Waals surface area contributed by atoms with Crippen molar-refractivity contribution in [2.24, 2.45) is 0 Å². The maximum atomic E-state index is 12.9. The van der Waals surface area contributed by atoms with E-state index in [4.69, 9.17) is 5.73 Å². The summed E-state index contributed by atoms with van der Waals surface area (Å²) in [6.07, 6.45) is 7.94. The fourth-order valence-electron chi connectivity index (χ4n) is 3.37. The Kier molecular flexibility index (Phi) is 5.42. The molecule has 26 heavy (non-hydrogen) atoms. The average Bonchev–Trinajstić information content (AvgIpc) is 3.03. The smallest absolute Gasteiger partial charge is 0.241 e. The number of nitrogens with zero attached hydrogens (tertiary/aromatic N) is 1. The molecular formula is C19H27N3O2S2. The first-order valence-electron chi connectivity index (χ1n) is 9.05. The van der Waals surface area contributed by atoms with E-state index in [1.807, 2.05) is 20.8 Å². The maximum Gasteiger partial charge on any atom is 0.241 e. The van der Waals surface area contributed by atoms with Crippen LogP contribution in [-0.4, -0.2) is 18.9 Å². The van der Waals surface area contributed by atoms with Gasteiger partial charge in [0.2, 0.25) is 10.0 Å². The van der Waals surface area contributed by atoms with Gasteiger partial charge in [-0.2, -0.15) is 0 Å². The summed E-state index contributed by atoms with van der Waals surface area (Å²) in [4.78, 5) is 5.70. The number of nitrogen functional groups attached to an aromatic ring is 1. The lowest BCUT2D eigenvalue weighted by Crippen LogP contribution is -2.40. The molecule has 1 fully saturated rings. The third kappa shape index (κ3) is 4.45. The van der Waals surface area contributed by atoms with Gasteiger partial charge < -0.3 is 5.73 Å². The van der Waals surface area contributed by atoms with Gasteiger partial charge >= 0.3 is 0 Å². The predicted octanol–water partition coefficient (Wildman–Crippen LogP) is 4.52. The molecular weight excluding hydrogens is 366 g/mol. The van der Waals surface area contributed by atoms with Crippen molar-refractivity contribution in [2.45, 2.75) is 69.2 Å². The van der Waals surface area contributed by atoms with E-state index in [-0.39, 0.29) is 4.90 Å². The van der Waals surface area contributed by atoms with Crippen molar-refractivity contribution in [3.63, 3.8) is 0 Å². The normalized spacial score (nSPS) is 16.7.